The molecule has 1 heterocycles. The number of alkyl halides is 1. The molecule has 1 aromatic carbocycles. The molecule has 1 aromatic rings. The Balaban J connectivity index is 1.84. The average molecular weight is 251 g/mol. The van der Waals surface area contributed by atoms with Crippen molar-refractivity contribution in [3.63, 3.8) is 0 Å². The smallest absolute Gasteiger partial charge is 0.119 e. The lowest BCUT2D eigenvalue weighted by atomic mass is 10.2. The Morgan fingerprint density at radius 2 is 2.18 bits per heavy atom. The van der Waals surface area contributed by atoms with Gasteiger partial charge >= 0.3 is 0 Å². The highest BCUT2D eigenvalue weighted by Crippen LogP contribution is 2.16. The first-order valence-electron chi connectivity index (χ1n) is 5.78. The molecular formula is C14H15ClO2. The van der Waals surface area contributed by atoms with E-state index >= 15 is 0 Å². The van der Waals surface area contributed by atoms with E-state index < -0.39 is 0 Å². The van der Waals surface area contributed by atoms with E-state index in [-0.39, 0.29) is 6.10 Å². The highest BCUT2D eigenvalue weighted by Gasteiger charge is 2.15. The third kappa shape index (κ3) is 3.96. The van der Waals surface area contributed by atoms with Crippen LogP contribution in [0, 0.1) is 11.8 Å². The van der Waals surface area contributed by atoms with Gasteiger partial charge in [-0.05, 0) is 37.1 Å². The SMILES string of the molecule is ClCC#Cc1ccc(OCC2CCCO2)cc1. The van der Waals surface area contributed by atoms with E-state index in [0.717, 1.165) is 30.8 Å². The van der Waals surface area contributed by atoms with Gasteiger partial charge in [0, 0.05) is 12.2 Å². The molecule has 0 spiro atoms. The Hall–Kier alpha value is -1.17. The van der Waals surface area contributed by atoms with Crippen LogP contribution in [0.3, 0.4) is 0 Å². The van der Waals surface area contributed by atoms with Crippen LogP contribution in [0.1, 0.15) is 18.4 Å². The van der Waals surface area contributed by atoms with Crippen LogP contribution in [0.5, 0.6) is 5.75 Å². The van der Waals surface area contributed by atoms with Crippen LogP contribution in [-0.4, -0.2) is 25.2 Å². The molecule has 1 atom stereocenters. The van der Waals surface area contributed by atoms with Crippen LogP contribution in [0.4, 0.5) is 0 Å². The van der Waals surface area contributed by atoms with E-state index in [2.05, 4.69) is 11.8 Å². The highest BCUT2D eigenvalue weighted by molar-refractivity contribution is 6.19. The second-order valence-electron chi connectivity index (χ2n) is 3.91. The van der Waals surface area contributed by atoms with Crippen LogP contribution >= 0.6 is 11.6 Å². The first-order chi connectivity index (χ1) is 8.38. The van der Waals surface area contributed by atoms with E-state index in [9.17, 15) is 0 Å². The van der Waals surface area contributed by atoms with Gasteiger partial charge in [0.05, 0.1) is 12.0 Å². The average Bonchev–Trinajstić information content (AvgIpc) is 2.88. The normalized spacial score (nSPS) is 18.5. The molecule has 3 heteroatoms. The predicted molar refractivity (Wildman–Crippen MR) is 68.5 cm³/mol. The van der Waals surface area contributed by atoms with Crippen molar-refractivity contribution in [1.29, 1.82) is 0 Å². The maximum Gasteiger partial charge on any atom is 0.119 e. The van der Waals surface area contributed by atoms with Crippen LogP contribution in [-0.2, 0) is 4.74 Å². The molecule has 0 N–H and O–H groups in total. The second kappa shape index (κ2) is 6.54. The van der Waals surface area contributed by atoms with Crippen molar-refractivity contribution in [2.24, 2.45) is 0 Å². The van der Waals surface area contributed by atoms with Crippen molar-refractivity contribution >= 4 is 11.6 Å². The topological polar surface area (TPSA) is 18.5 Å². The van der Waals surface area contributed by atoms with Gasteiger partial charge in [0.25, 0.3) is 0 Å². The molecule has 0 saturated carbocycles. The zero-order valence-corrected chi connectivity index (χ0v) is 10.4. The summed E-state index contributed by atoms with van der Waals surface area (Å²) in [5, 5.41) is 0. The summed E-state index contributed by atoms with van der Waals surface area (Å²) in [5.74, 6) is 6.99. The van der Waals surface area contributed by atoms with Crippen molar-refractivity contribution in [2.75, 3.05) is 19.1 Å². The van der Waals surface area contributed by atoms with Gasteiger partial charge in [-0.25, -0.2) is 0 Å². The van der Waals surface area contributed by atoms with Crippen LogP contribution in [0.25, 0.3) is 0 Å². The van der Waals surface area contributed by atoms with Gasteiger partial charge in [0.1, 0.15) is 12.4 Å². The van der Waals surface area contributed by atoms with Crippen molar-refractivity contribution < 1.29 is 9.47 Å². The van der Waals surface area contributed by atoms with Gasteiger partial charge in [-0.15, -0.1) is 11.6 Å². The fraction of sp³-hybridized carbons (Fsp3) is 0.429. The fourth-order valence-electron chi connectivity index (χ4n) is 1.73. The highest BCUT2D eigenvalue weighted by atomic mass is 35.5. The van der Waals surface area contributed by atoms with Gasteiger partial charge in [0.2, 0.25) is 0 Å². The number of halogens is 1. The van der Waals surface area contributed by atoms with Gasteiger partial charge < -0.3 is 9.47 Å². The molecule has 0 aliphatic carbocycles. The number of benzene rings is 1. The Morgan fingerprint density at radius 1 is 1.35 bits per heavy atom. The largest absolute Gasteiger partial charge is 0.491 e. The Bertz CT molecular complexity index is 396. The molecule has 2 rings (SSSR count). The van der Waals surface area contributed by atoms with Crippen molar-refractivity contribution in [3.05, 3.63) is 29.8 Å². The lowest BCUT2D eigenvalue weighted by molar-refractivity contribution is 0.0679. The summed E-state index contributed by atoms with van der Waals surface area (Å²) in [7, 11) is 0. The third-order valence-electron chi connectivity index (χ3n) is 2.61. The predicted octanol–water partition coefficient (Wildman–Crippen LogP) is 2.83. The van der Waals surface area contributed by atoms with Gasteiger partial charge in [0.15, 0.2) is 0 Å². The molecule has 0 amide bonds. The standard InChI is InChI=1S/C14H15ClO2/c15-9-1-3-12-5-7-13(8-6-12)17-11-14-4-2-10-16-14/h5-8,14H,2,4,9-11H2. The molecule has 90 valence electrons. The lowest BCUT2D eigenvalue weighted by Gasteiger charge is -2.11. The maximum absolute atomic E-state index is 5.65. The molecule has 2 nitrogen and oxygen atoms in total. The Morgan fingerprint density at radius 3 is 2.82 bits per heavy atom. The van der Waals surface area contributed by atoms with Gasteiger partial charge in [-0.1, -0.05) is 11.8 Å². The van der Waals surface area contributed by atoms with Crippen molar-refractivity contribution in [3.8, 4) is 17.6 Å². The number of rotatable bonds is 3. The summed E-state index contributed by atoms with van der Waals surface area (Å²) >= 11 is 5.49. The number of hydrogen-bond donors (Lipinski definition) is 0. The van der Waals surface area contributed by atoms with Crippen LogP contribution in [0.15, 0.2) is 24.3 Å². The molecule has 0 radical (unpaired) electrons. The molecule has 1 unspecified atom stereocenters. The molecule has 0 aromatic heterocycles. The first kappa shape index (κ1) is 12.3. The Labute approximate surface area is 107 Å². The zero-order valence-electron chi connectivity index (χ0n) is 9.62. The van der Waals surface area contributed by atoms with E-state index in [4.69, 9.17) is 21.1 Å². The quantitative estimate of drug-likeness (QED) is 0.607. The molecule has 1 aliphatic heterocycles. The minimum Gasteiger partial charge on any atom is -0.491 e. The minimum atomic E-state index is 0.255. The van der Waals surface area contributed by atoms with Gasteiger partial charge in [-0.3, -0.25) is 0 Å². The number of hydrogen-bond acceptors (Lipinski definition) is 2. The van der Waals surface area contributed by atoms with Crippen molar-refractivity contribution in [2.45, 2.75) is 18.9 Å². The van der Waals surface area contributed by atoms with E-state index in [1.54, 1.807) is 0 Å². The Kier molecular flexibility index (Phi) is 4.73. The third-order valence-corrected chi connectivity index (χ3v) is 2.75. The molecule has 1 fully saturated rings. The van der Waals surface area contributed by atoms with Crippen molar-refractivity contribution in [1.82, 2.24) is 0 Å². The lowest BCUT2D eigenvalue weighted by Crippen LogP contribution is -2.16. The molecule has 1 aliphatic rings. The number of ether oxygens (including phenoxy) is 2. The monoisotopic (exact) mass is 250 g/mol. The first-order valence-corrected chi connectivity index (χ1v) is 6.31. The van der Waals surface area contributed by atoms with Gasteiger partial charge in [-0.2, -0.15) is 0 Å². The van der Waals surface area contributed by atoms with E-state index in [0.29, 0.717) is 12.5 Å². The molecule has 1 saturated heterocycles. The van der Waals surface area contributed by atoms with Crippen LogP contribution in [0.2, 0.25) is 0 Å². The molecule has 17 heavy (non-hydrogen) atoms. The fourth-order valence-corrected chi connectivity index (χ4v) is 1.80. The zero-order chi connectivity index (χ0) is 11.9. The summed E-state index contributed by atoms with van der Waals surface area (Å²) in [5.41, 5.74) is 0.954. The second-order valence-corrected chi connectivity index (χ2v) is 4.17. The van der Waals surface area contributed by atoms with E-state index in [1.165, 1.54) is 0 Å². The summed E-state index contributed by atoms with van der Waals surface area (Å²) in [6.45, 7) is 1.49. The summed E-state index contributed by atoms with van der Waals surface area (Å²) in [6.07, 6.45) is 2.49. The summed E-state index contributed by atoms with van der Waals surface area (Å²) in [4.78, 5) is 0. The maximum atomic E-state index is 5.65. The van der Waals surface area contributed by atoms with Crippen LogP contribution < -0.4 is 4.74 Å². The summed E-state index contributed by atoms with van der Waals surface area (Å²) in [6, 6.07) is 7.72. The molecule has 0 bridgehead atoms. The van der Waals surface area contributed by atoms with E-state index in [1.807, 2.05) is 24.3 Å². The minimum absolute atomic E-state index is 0.255. The summed E-state index contributed by atoms with van der Waals surface area (Å²) < 4.78 is 11.1. The molecular weight excluding hydrogens is 236 g/mol.